The smallest absolute Gasteiger partial charge is 0.305 e. The van der Waals surface area contributed by atoms with Crippen LogP contribution in [0.4, 0.5) is 4.39 Å². The van der Waals surface area contributed by atoms with Gasteiger partial charge in [-0.25, -0.2) is 4.39 Å². The molecule has 0 bridgehead atoms. The third kappa shape index (κ3) is 3.20. The Balaban J connectivity index is 1.92. The molecular formula is C17H17FO2S2. The van der Waals surface area contributed by atoms with Crippen molar-refractivity contribution < 1.29 is 14.3 Å². The van der Waals surface area contributed by atoms with Crippen LogP contribution in [-0.2, 0) is 9.54 Å². The van der Waals surface area contributed by atoms with E-state index >= 15 is 0 Å². The summed E-state index contributed by atoms with van der Waals surface area (Å²) >= 11 is 3.41. The summed E-state index contributed by atoms with van der Waals surface area (Å²) in [5, 5.41) is 9.30. The molecule has 1 aliphatic rings. The summed E-state index contributed by atoms with van der Waals surface area (Å²) in [5.74, 6) is 0.0219. The Morgan fingerprint density at radius 1 is 1.18 bits per heavy atom. The van der Waals surface area contributed by atoms with Crippen LogP contribution in [0.5, 0.6) is 0 Å². The quantitative estimate of drug-likeness (QED) is 0.840. The Kier molecular flexibility index (Phi) is 4.54. The zero-order chi connectivity index (χ0) is 15.6. The van der Waals surface area contributed by atoms with Gasteiger partial charge in [-0.1, -0.05) is 18.6 Å². The van der Waals surface area contributed by atoms with Crippen LogP contribution in [0.25, 0.3) is 10.4 Å². The summed E-state index contributed by atoms with van der Waals surface area (Å²) in [4.78, 5) is 13.5. The maximum atomic E-state index is 13.0. The van der Waals surface area contributed by atoms with E-state index in [2.05, 4.69) is 0 Å². The van der Waals surface area contributed by atoms with Crippen molar-refractivity contribution in [3.05, 3.63) is 47.1 Å². The Bertz CT molecular complexity index is 658. The highest BCUT2D eigenvalue weighted by molar-refractivity contribution is 8.00. The summed E-state index contributed by atoms with van der Waals surface area (Å²) in [6.45, 7) is 0. The molecule has 2 heterocycles. The first-order valence-electron chi connectivity index (χ1n) is 7.31. The van der Waals surface area contributed by atoms with E-state index < -0.39 is 5.97 Å². The maximum absolute atomic E-state index is 13.0. The number of rotatable bonds is 4. The van der Waals surface area contributed by atoms with E-state index in [1.165, 1.54) is 12.1 Å². The number of thiophene rings is 1. The lowest BCUT2D eigenvalue weighted by Gasteiger charge is -2.34. The van der Waals surface area contributed by atoms with Crippen molar-refractivity contribution in [1.29, 1.82) is 0 Å². The molecule has 2 nitrogen and oxygen atoms in total. The molecule has 0 saturated carbocycles. The highest BCUT2D eigenvalue weighted by atomic mass is 32.2. The topological polar surface area (TPSA) is 37.3 Å². The molecule has 0 amide bonds. The molecule has 0 aliphatic carbocycles. The van der Waals surface area contributed by atoms with Crippen molar-refractivity contribution in [1.82, 2.24) is 0 Å². The van der Waals surface area contributed by atoms with Gasteiger partial charge in [-0.15, -0.1) is 23.1 Å². The molecular weight excluding hydrogens is 319 g/mol. The van der Waals surface area contributed by atoms with Gasteiger partial charge in [0, 0.05) is 9.75 Å². The maximum Gasteiger partial charge on any atom is 0.305 e. The van der Waals surface area contributed by atoms with Crippen LogP contribution < -0.4 is 0 Å². The Hall–Kier alpha value is -1.33. The molecule has 0 radical (unpaired) electrons. The molecule has 1 saturated heterocycles. The third-order valence-corrected chi connectivity index (χ3v) is 7.06. The number of halogens is 1. The molecule has 2 aromatic rings. The predicted octanol–water partition coefficient (Wildman–Crippen LogP) is 5.14. The predicted molar refractivity (Wildman–Crippen MR) is 90.0 cm³/mol. The van der Waals surface area contributed by atoms with Crippen molar-refractivity contribution in [2.75, 3.05) is 5.75 Å². The summed E-state index contributed by atoms with van der Waals surface area (Å²) < 4.78 is 12.7. The fourth-order valence-corrected chi connectivity index (χ4v) is 5.76. The number of carboxylic acid groups (broad SMARTS) is 1. The second-order valence-electron chi connectivity index (χ2n) is 5.54. The van der Waals surface area contributed by atoms with Gasteiger partial charge < -0.3 is 5.11 Å². The fraction of sp³-hybridized carbons (Fsp3) is 0.353. The zero-order valence-corrected chi connectivity index (χ0v) is 13.7. The lowest BCUT2D eigenvalue weighted by Crippen LogP contribution is -2.28. The Labute approximate surface area is 137 Å². The molecule has 1 aromatic carbocycles. The number of benzene rings is 1. The fourth-order valence-electron chi connectivity index (χ4n) is 2.87. The first-order valence-corrected chi connectivity index (χ1v) is 9.11. The van der Waals surface area contributed by atoms with Gasteiger partial charge in [0.2, 0.25) is 0 Å². The first-order chi connectivity index (χ1) is 10.6. The van der Waals surface area contributed by atoms with E-state index in [-0.39, 0.29) is 17.0 Å². The minimum Gasteiger partial charge on any atom is -0.481 e. The van der Waals surface area contributed by atoms with E-state index in [0.717, 1.165) is 40.3 Å². The number of hydrogen-bond acceptors (Lipinski definition) is 3. The normalized spacial score (nSPS) is 21.7. The number of carboxylic acids is 1. The SMILES string of the molecule is O=C(O)CC1(c2ccc(-c3ccc(F)cc3)s2)CCCCS1. The van der Waals surface area contributed by atoms with Crippen molar-refractivity contribution in [3.63, 3.8) is 0 Å². The molecule has 3 rings (SSSR count). The number of aliphatic carboxylic acids is 1. The molecule has 22 heavy (non-hydrogen) atoms. The van der Waals surface area contributed by atoms with E-state index in [1.54, 1.807) is 35.2 Å². The second kappa shape index (κ2) is 6.42. The summed E-state index contributed by atoms with van der Waals surface area (Å²) in [5.41, 5.74) is 0.976. The van der Waals surface area contributed by atoms with Gasteiger partial charge in [0.05, 0.1) is 11.2 Å². The average Bonchev–Trinajstić information content (AvgIpc) is 2.99. The van der Waals surface area contributed by atoms with Crippen LogP contribution in [0, 0.1) is 5.82 Å². The zero-order valence-electron chi connectivity index (χ0n) is 12.0. The van der Waals surface area contributed by atoms with Crippen molar-refractivity contribution >= 4 is 29.1 Å². The third-order valence-electron chi connectivity index (χ3n) is 3.97. The van der Waals surface area contributed by atoms with Gasteiger partial charge >= 0.3 is 5.97 Å². The van der Waals surface area contributed by atoms with Crippen molar-refractivity contribution in [2.24, 2.45) is 0 Å². The van der Waals surface area contributed by atoms with Gasteiger partial charge in [0.15, 0.2) is 0 Å². The lowest BCUT2D eigenvalue weighted by molar-refractivity contribution is -0.137. The van der Waals surface area contributed by atoms with E-state index in [1.807, 2.05) is 12.1 Å². The Morgan fingerprint density at radius 2 is 1.95 bits per heavy atom. The van der Waals surface area contributed by atoms with Crippen LogP contribution in [0.2, 0.25) is 0 Å². The number of hydrogen-bond donors (Lipinski definition) is 1. The van der Waals surface area contributed by atoms with E-state index in [9.17, 15) is 14.3 Å². The second-order valence-corrected chi connectivity index (χ2v) is 8.10. The van der Waals surface area contributed by atoms with Crippen molar-refractivity contribution in [2.45, 2.75) is 30.4 Å². The molecule has 1 atom stereocenters. The highest BCUT2D eigenvalue weighted by Crippen LogP contribution is 2.50. The molecule has 1 N–H and O–H groups in total. The van der Waals surface area contributed by atoms with Crippen LogP contribution in [0.1, 0.15) is 30.6 Å². The Morgan fingerprint density at radius 3 is 2.59 bits per heavy atom. The molecule has 116 valence electrons. The largest absolute Gasteiger partial charge is 0.481 e. The molecule has 1 fully saturated rings. The molecule has 1 aromatic heterocycles. The first kappa shape index (κ1) is 15.6. The number of thioether (sulfide) groups is 1. The van der Waals surface area contributed by atoms with Crippen LogP contribution in [-0.4, -0.2) is 16.8 Å². The minimum atomic E-state index is -0.744. The number of carbonyl (C=O) groups is 1. The standard InChI is InChI=1S/C17H17FO2S2/c18-13-5-3-12(4-6-13)14-7-8-15(22-14)17(11-16(19)20)9-1-2-10-21-17/h3-8H,1-2,9-11H2,(H,19,20). The summed E-state index contributed by atoms with van der Waals surface area (Å²) in [6.07, 6.45) is 3.31. The van der Waals surface area contributed by atoms with Crippen LogP contribution >= 0.6 is 23.1 Å². The van der Waals surface area contributed by atoms with Gasteiger partial charge in [0.1, 0.15) is 5.82 Å². The van der Waals surface area contributed by atoms with Crippen LogP contribution in [0.3, 0.4) is 0 Å². The minimum absolute atomic E-state index is 0.168. The van der Waals surface area contributed by atoms with Crippen molar-refractivity contribution in [3.8, 4) is 10.4 Å². The highest BCUT2D eigenvalue weighted by Gasteiger charge is 2.38. The van der Waals surface area contributed by atoms with Gasteiger partial charge in [-0.2, -0.15) is 0 Å². The molecule has 1 aliphatic heterocycles. The summed E-state index contributed by atoms with van der Waals surface area (Å²) in [7, 11) is 0. The van der Waals surface area contributed by atoms with E-state index in [4.69, 9.17) is 0 Å². The summed E-state index contributed by atoms with van der Waals surface area (Å²) in [6, 6.07) is 10.5. The van der Waals surface area contributed by atoms with Crippen LogP contribution in [0.15, 0.2) is 36.4 Å². The monoisotopic (exact) mass is 336 g/mol. The molecule has 0 spiro atoms. The van der Waals surface area contributed by atoms with Gasteiger partial charge in [0.25, 0.3) is 0 Å². The average molecular weight is 336 g/mol. The molecule has 5 heteroatoms. The molecule has 1 unspecified atom stereocenters. The van der Waals surface area contributed by atoms with Gasteiger partial charge in [-0.3, -0.25) is 4.79 Å². The van der Waals surface area contributed by atoms with Gasteiger partial charge in [-0.05, 0) is 48.4 Å². The van der Waals surface area contributed by atoms with E-state index in [0.29, 0.717) is 0 Å². The lowest BCUT2D eigenvalue weighted by atomic mass is 9.95.